The smallest absolute Gasteiger partial charge is 0.252 e. The number of halogens is 1. The molecule has 0 fully saturated rings. The van der Waals surface area contributed by atoms with Gasteiger partial charge >= 0.3 is 0 Å². The van der Waals surface area contributed by atoms with Gasteiger partial charge in [-0.15, -0.1) is 0 Å². The van der Waals surface area contributed by atoms with Crippen molar-refractivity contribution in [2.24, 2.45) is 0 Å². The van der Waals surface area contributed by atoms with Gasteiger partial charge in [0.15, 0.2) is 0 Å². The number of amides is 1. The number of benzene rings is 3. The maximum absolute atomic E-state index is 13.1. The Balaban J connectivity index is 1.97. The predicted octanol–water partition coefficient (Wildman–Crippen LogP) is 4.89. The highest BCUT2D eigenvalue weighted by molar-refractivity contribution is 7.89. The van der Waals surface area contributed by atoms with E-state index in [4.69, 9.17) is 11.6 Å². The summed E-state index contributed by atoms with van der Waals surface area (Å²) in [5, 5.41) is 3.12. The van der Waals surface area contributed by atoms with Crippen molar-refractivity contribution in [3.05, 3.63) is 101 Å². The lowest BCUT2D eigenvalue weighted by molar-refractivity contribution is 0.0942. The normalized spacial score (nSPS) is 11.6. The van der Waals surface area contributed by atoms with E-state index >= 15 is 0 Å². The van der Waals surface area contributed by atoms with Gasteiger partial charge in [-0.05, 0) is 29.3 Å². The van der Waals surface area contributed by atoms with Crippen LogP contribution in [0.2, 0.25) is 5.02 Å². The SMILES string of the molecule is CCN(CC)S(=O)(=O)c1cc(C(=O)NC(c2ccccc2)c2ccccc2)ccc1Cl. The summed E-state index contributed by atoms with van der Waals surface area (Å²) in [6, 6.07) is 23.2. The van der Waals surface area contributed by atoms with Crippen LogP contribution in [0.4, 0.5) is 0 Å². The lowest BCUT2D eigenvalue weighted by Crippen LogP contribution is -2.32. The van der Waals surface area contributed by atoms with E-state index in [0.29, 0.717) is 13.1 Å². The summed E-state index contributed by atoms with van der Waals surface area (Å²) < 4.78 is 27.2. The van der Waals surface area contributed by atoms with Crippen LogP contribution in [0.1, 0.15) is 41.4 Å². The summed E-state index contributed by atoms with van der Waals surface area (Å²) in [7, 11) is -3.80. The lowest BCUT2D eigenvalue weighted by atomic mass is 9.98. The number of nitrogens with zero attached hydrogens (tertiary/aromatic N) is 1. The van der Waals surface area contributed by atoms with Gasteiger partial charge in [0.1, 0.15) is 4.90 Å². The minimum atomic E-state index is -3.80. The molecular weight excluding hydrogens is 432 g/mol. The topological polar surface area (TPSA) is 66.5 Å². The monoisotopic (exact) mass is 456 g/mol. The lowest BCUT2D eigenvalue weighted by Gasteiger charge is -2.21. The quantitative estimate of drug-likeness (QED) is 0.524. The van der Waals surface area contributed by atoms with Gasteiger partial charge in [0.2, 0.25) is 10.0 Å². The molecule has 0 saturated heterocycles. The molecule has 0 heterocycles. The minimum Gasteiger partial charge on any atom is -0.341 e. The number of carbonyl (C=O) groups is 1. The minimum absolute atomic E-state index is 0.0681. The molecule has 0 aliphatic heterocycles. The second-order valence-electron chi connectivity index (χ2n) is 6.96. The number of carbonyl (C=O) groups excluding carboxylic acids is 1. The molecular formula is C24H25ClN2O3S. The van der Waals surface area contributed by atoms with Crippen molar-refractivity contribution in [1.29, 1.82) is 0 Å². The highest BCUT2D eigenvalue weighted by Gasteiger charge is 2.26. The van der Waals surface area contributed by atoms with Gasteiger partial charge in [-0.2, -0.15) is 4.31 Å². The number of rotatable bonds is 8. The van der Waals surface area contributed by atoms with Crippen LogP contribution in [0, 0.1) is 0 Å². The zero-order valence-electron chi connectivity index (χ0n) is 17.5. The molecule has 3 aromatic rings. The fraction of sp³-hybridized carbons (Fsp3) is 0.208. The number of nitrogens with one attached hydrogen (secondary N) is 1. The first-order valence-corrected chi connectivity index (χ1v) is 11.9. The Hall–Kier alpha value is -2.67. The standard InChI is InChI=1S/C24H25ClN2O3S/c1-3-27(4-2)31(29,30)22-17-20(15-16-21(22)25)24(28)26-23(18-11-7-5-8-12-18)19-13-9-6-10-14-19/h5-17,23H,3-4H2,1-2H3,(H,26,28). The summed E-state index contributed by atoms with van der Waals surface area (Å²) in [6.07, 6.45) is 0. The first-order chi connectivity index (χ1) is 14.9. The van der Waals surface area contributed by atoms with Crippen molar-refractivity contribution in [1.82, 2.24) is 9.62 Å². The summed E-state index contributed by atoms with van der Waals surface area (Å²) in [5.74, 6) is -0.384. The highest BCUT2D eigenvalue weighted by Crippen LogP contribution is 2.27. The molecule has 5 nitrogen and oxygen atoms in total. The van der Waals surface area contributed by atoms with Crippen molar-refractivity contribution in [2.75, 3.05) is 13.1 Å². The Labute approximate surface area is 188 Å². The molecule has 0 atom stereocenters. The van der Waals surface area contributed by atoms with Crippen molar-refractivity contribution < 1.29 is 13.2 Å². The highest BCUT2D eigenvalue weighted by atomic mass is 35.5. The molecule has 7 heteroatoms. The van der Waals surface area contributed by atoms with Crippen LogP contribution >= 0.6 is 11.6 Å². The van der Waals surface area contributed by atoms with E-state index in [-0.39, 0.29) is 27.4 Å². The molecule has 0 radical (unpaired) electrons. The Morgan fingerprint density at radius 2 is 1.42 bits per heavy atom. The van der Waals surface area contributed by atoms with E-state index in [1.165, 1.54) is 22.5 Å². The van der Waals surface area contributed by atoms with Crippen LogP contribution < -0.4 is 5.32 Å². The van der Waals surface area contributed by atoms with Crippen LogP contribution in [-0.4, -0.2) is 31.7 Å². The van der Waals surface area contributed by atoms with Crippen LogP contribution in [-0.2, 0) is 10.0 Å². The van der Waals surface area contributed by atoms with Gasteiger partial charge in [0.05, 0.1) is 11.1 Å². The second-order valence-corrected chi connectivity index (χ2v) is 9.28. The third-order valence-corrected chi connectivity index (χ3v) is 7.59. The van der Waals surface area contributed by atoms with Crippen LogP contribution in [0.25, 0.3) is 0 Å². The summed E-state index contributed by atoms with van der Waals surface area (Å²) in [4.78, 5) is 13.1. The van der Waals surface area contributed by atoms with Crippen molar-refractivity contribution in [2.45, 2.75) is 24.8 Å². The van der Waals surface area contributed by atoms with E-state index in [0.717, 1.165) is 11.1 Å². The van der Waals surface area contributed by atoms with E-state index in [9.17, 15) is 13.2 Å². The fourth-order valence-corrected chi connectivity index (χ4v) is 5.37. The molecule has 0 spiro atoms. The maximum atomic E-state index is 13.1. The molecule has 0 aromatic heterocycles. The second kappa shape index (κ2) is 10.1. The number of hydrogen-bond donors (Lipinski definition) is 1. The molecule has 162 valence electrons. The van der Waals surface area contributed by atoms with Crippen LogP contribution in [0.5, 0.6) is 0 Å². The Morgan fingerprint density at radius 3 is 1.90 bits per heavy atom. The number of sulfonamides is 1. The molecule has 0 bridgehead atoms. The molecule has 0 saturated carbocycles. The van der Waals surface area contributed by atoms with Gasteiger partial charge < -0.3 is 5.32 Å². The summed E-state index contributed by atoms with van der Waals surface area (Å²) in [5.41, 5.74) is 2.07. The van der Waals surface area contributed by atoms with Gasteiger partial charge in [-0.3, -0.25) is 4.79 Å². The third kappa shape index (κ3) is 5.15. The van der Waals surface area contributed by atoms with Crippen molar-refractivity contribution in [3.8, 4) is 0 Å². The molecule has 31 heavy (non-hydrogen) atoms. The van der Waals surface area contributed by atoms with E-state index in [1.807, 2.05) is 60.7 Å². The zero-order valence-corrected chi connectivity index (χ0v) is 19.0. The van der Waals surface area contributed by atoms with Gasteiger partial charge in [-0.25, -0.2) is 8.42 Å². The average Bonchev–Trinajstić information content (AvgIpc) is 2.79. The predicted molar refractivity (Wildman–Crippen MR) is 124 cm³/mol. The Morgan fingerprint density at radius 1 is 0.903 bits per heavy atom. The zero-order chi connectivity index (χ0) is 22.4. The van der Waals surface area contributed by atoms with Gasteiger partial charge in [0.25, 0.3) is 5.91 Å². The molecule has 0 unspecified atom stereocenters. The molecule has 1 amide bonds. The van der Waals surface area contributed by atoms with E-state index < -0.39 is 10.0 Å². The molecule has 3 aromatic carbocycles. The summed E-state index contributed by atoms with van der Waals surface area (Å²) in [6.45, 7) is 4.15. The average molecular weight is 457 g/mol. The van der Waals surface area contributed by atoms with Crippen molar-refractivity contribution >= 4 is 27.5 Å². The largest absolute Gasteiger partial charge is 0.341 e. The maximum Gasteiger partial charge on any atom is 0.252 e. The van der Waals surface area contributed by atoms with Gasteiger partial charge in [0, 0.05) is 18.7 Å². The summed E-state index contributed by atoms with van der Waals surface area (Å²) >= 11 is 6.20. The van der Waals surface area contributed by atoms with Crippen LogP contribution in [0.3, 0.4) is 0 Å². The first kappa shape index (κ1) is 23.0. The molecule has 1 N–H and O–H groups in total. The van der Waals surface area contributed by atoms with Crippen LogP contribution in [0.15, 0.2) is 83.8 Å². The Bertz CT molecular complexity index is 1090. The van der Waals surface area contributed by atoms with E-state index in [2.05, 4.69) is 5.32 Å². The molecule has 0 aliphatic carbocycles. The first-order valence-electron chi connectivity index (χ1n) is 10.1. The fourth-order valence-electron chi connectivity index (χ4n) is 3.41. The molecule has 0 aliphatic rings. The van der Waals surface area contributed by atoms with Gasteiger partial charge in [-0.1, -0.05) is 86.1 Å². The van der Waals surface area contributed by atoms with Crippen molar-refractivity contribution in [3.63, 3.8) is 0 Å². The third-order valence-electron chi connectivity index (χ3n) is 5.06. The Kier molecular flexibility index (Phi) is 7.49. The molecule has 3 rings (SSSR count). The number of hydrogen-bond acceptors (Lipinski definition) is 3. The van der Waals surface area contributed by atoms with E-state index in [1.54, 1.807) is 13.8 Å².